The van der Waals surface area contributed by atoms with Gasteiger partial charge in [-0.3, -0.25) is 9.36 Å². The van der Waals surface area contributed by atoms with Crippen LogP contribution < -0.4 is 0 Å². The Bertz CT molecular complexity index is 209. The Balaban J connectivity index is 4.42. The zero-order valence-electron chi connectivity index (χ0n) is 7.77. The highest BCUT2D eigenvalue weighted by molar-refractivity contribution is 7.53. The molecule has 0 aliphatic heterocycles. The molecule has 78 valence electrons. The van der Waals surface area contributed by atoms with Gasteiger partial charge in [0.05, 0.1) is 6.61 Å². The van der Waals surface area contributed by atoms with Crippen LogP contribution >= 0.6 is 7.60 Å². The van der Waals surface area contributed by atoms with Gasteiger partial charge in [-0.2, -0.15) is 0 Å². The molecule has 0 saturated heterocycles. The van der Waals surface area contributed by atoms with Gasteiger partial charge in [-0.1, -0.05) is 13.3 Å². The first-order valence-electron chi connectivity index (χ1n) is 4.15. The summed E-state index contributed by atoms with van der Waals surface area (Å²) < 4.78 is 15.4. The van der Waals surface area contributed by atoms with Gasteiger partial charge < -0.3 is 14.5 Å². The van der Waals surface area contributed by atoms with Crippen LogP contribution in [0.4, 0.5) is 0 Å². The Kier molecular flexibility index (Phi) is 5.21. The van der Waals surface area contributed by atoms with Crippen LogP contribution in [0.5, 0.6) is 0 Å². The van der Waals surface area contributed by atoms with Crippen LogP contribution in [0, 0.1) is 0 Å². The summed E-state index contributed by atoms with van der Waals surface area (Å²) in [5, 5.41) is 0. The van der Waals surface area contributed by atoms with Crippen LogP contribution in [0.1, 0.15) is 26.7 Å². The Morgan fingerprint density at radius 3 is 2.31 bits per heavy atom. The highest BCUT2D eigenvalue weighted by atomic mass is 31.2. The third-order valence-electron chi connectivity index (χ3n) is 1.53. The standard InChI is InChI=1S/C7H15O5P/c1-3-5-6(13(9,10)11)7(8)12-4-2/h6H,3-5H2,1-2H3,(H2,9,10,11). The maximum absolute atomic E-state index is 11.1. The molecule has 0 radical (unpaired) electrons. The molecule has 0 fully saturated rings. The lowest BCUT2D eigenvalue weighted by atomic mass is 10.2. The molecule has 5 nitrogen and oxygen atoms in total. The molecule has 0 aromatic rings. The molecule has 0 aromatic heterocycles. The van der Waals surface area contributed by atoms with Gasteiger partial charge in [0.1, 0.15) is 0 Å². The fraction of sp³-hybridized carbons (Fsp3) is 0.857. The van der Waals surface area contributed by atoms with Crippen LogP contribution in [-0.4, -0.2) is 28.0 Å². The Morgan fingerprint density at radius 2 is 2.00 bits per heavy atom. The van der Waals surface area contributed by atoms with E-state index in [0.717, 1.165) is 0 Å². The zero-order valence-corrected chi connectivity index (χ0v) is 8.66. The number of ether oxygens (including phenoxy) is 1. The van der Waals surface area contributed by atoms with Gasteiger partial charge >= 0.3 is 13.6 Å². The number of rotatable bonds is 5. The predicted molar refractivity (Wildman–Crippen MR) is 47.4 cm³/mol. The quantitative estimate of drug-likeness (QED) is 0.520. The average molecular weight is 210 g/mol. The van der Waals surface area contributed by atoms with E-state index >= 15 is 0 Å². The smallest absolute Gasteiger partial charge is 0.339 e. The van der Waals surface area contributed by atoms with Crippen molar-refractivity contribution in [1.82, 2.24) is 0 Å². The number of carbonyl (C=O) groups excluding carboxylic acids is 1. The second-order valence-electron chi connectivity index (χ2n) is 2.65. The first-order chi connectivity index (χ1) is 5.93. The fourth-order valence-electron chi connectivity index (χ4n) is 0.935. The first-order valence-corrected chi connectivity index (χ1v) is 5.83. The molecule has 0 heterocycles. The molecular weight excluding hydrogens is 195 g/mol. The summed E-state index contributed by atoms with van der Waals surface area (Å²) in [5.74, 6) is -0.808. The van der Waals surface area contributed by atoms with Crippen molar-refractivity contribution < 1.29 is 23.9 Å². The highest BCUT2D eigenvalue weighted by Gasteiger charge is 2.35. The Labute approximate surface area is 77.3 Å². The molecule has 0 rings (SSSR count). The minimum absolute atomic E-state index is 0.138. The van der Waals surface area contributed by atoms with Crippen molar-refractivity contribution in [3.8, 4) is 0 Å². The summed E-state index contributed by atoms with van der Waals surface area (Å²) in [6, 6.07) is 0. The molecule has 0 aromatic carbocycles. The highest BCUT2D eigenvalue weighted by Crippen LogP contribution is 2.43. The van der Waals surface area contributed by atoms with E-state index in [1.54, 1.807) is 13.8 Å². The molecule has 1 unspecified atom stereocenters. The van der Waals surface area contributed by atoms with E-state index in [1.165, 1.54) is 0 Å². The average Bonchev–Trinajstić information content (AvgIpc) is 1.98. The molecule has 0 aliphatic rings. The van der Waals surface area contributed by atoms with E-state index in [1.807, 2.05) is 0 Å². The summed E-state index contributed by atoms with van der Waals surface area (Å²) in [6.45, 7) is 3.49. The SMILES string of the molecule is CCCC(C(=O)OCC)P(=O)(O)O. The summed E-state index contributed by atoms with van der Waals surface area (Å²) in [4.78, 5) is 28.7. The van der Waals surface area contributed by atoms with Crippen molar-refractivity contribution in [3.05, 3.63) is 0 Å². The monoisotopic (exact) mass is 210 g/mol. The summed E-state index contributed by atoms with van der Waals surface area (Å²) in [6.07, 6.45) is 0.692. The first kappa shape index (κ1) is 12.6. The summed E-state index contributed by atoms with van der Waals surface area (Å²) >= 11 is 0. The van der Waals surface area contributed by atoms with E-state index < -0.39 is 19.2 Å². The van der Waals surface area contributed by atoms with Gasteiger partial charge in [-0.25, -0.2) is 0 Å². The molecule has 0 amide bonds. The second kappa shape index (κ2) is 5.37. The molecular formula is C7H15O5P. The predicted octanol–water partition coefficient (Wildman–Crippen LogP) is 0.896. The fourth-order valence-corrected chi connectivity index (χ4v) is 1.88. The second-order valence-corrected chi connectivity index (χ2v) is 4.45. The maximum atomic E-state index is 11.1. The van der Waals surface area contributed by atoms with Crippen molar-refractivity contribution in [3.63, 3.8) is 0 Å². The van der Waals surface area contributed by atoms with E-state index in [2.05, 4.69) is 4.74 Å². The van der Waals surface area contributed by atoms with Crippen molar-refractivity contribution in [2.45, 2.75) is 32.3 Å². The van der Waals surface area contributed by atoms with Crippen LogP contribution in [0.2, 0.25) is 0 Å². The van der Waals surface area contributed by atoms with Crippen molar-refractivity contribution in [1.29, 1.82) is 0 Å². The normalized spacial score (nSPS) is 13.8. The van der Waals surface area contributed by atoms with Crippen LogP contribution in [0.25, 0.3) is 0 Å². The summed E-state index contributed by atoms with van der Waals surface area (Å²) in [7, 11) is -4.35. The van der Waals surface area contributed by atoms with Crippen LogP contribution in [0.15, 0.2) is 0 Å². The third kappa shape index (κ3) is 4.41. The molecule has 0 saturated carbocycles. The van der Waals surface area contributed by atoms with Gasteiger partial charge in [-0.15, -0.1) is 0 Å². The number of hydrogen-bond donors (Lipinski definition) is 2. The molecule has 2 N–H and O–H groups in total. The number of esters is 1. The van der Waals surface area contributed by atoms with E-state index in [0.29, 0.717) is 6.42 Å². The largest absolute Gasteiger partial charge is 0.465 e. The molecule has 1 atom stereocenters. The number of hydrogen-bond acceptors (Lipinski definition) is 3. The van der Waals surface area contributed by atoms with Crippen LogP contribution in [-0.2, 0) is 14.1 Å². The van der Waals surface area contributed by atoms with E-state index in [4.69, 9.17) is 9.79 Å². The van der Waals surface area contributed by atoms with Gasteiger partial charge in [0.25, 0.3) is 0 Å². The molecule has 0 bridgehead atoms. The molecule has 6 heteroatoms. The zero-order chi connectivity index (χ0) is 10.5. The topological polar surface area (TPSA) is 83.8 Å². The molecule has 0 aliphatic carbocycles. The van der Waals surface area contributed by atoms with Gasteiger partial charge in [0.15, 0.2) is 5.66 Å². The lowest BCUT2D eigenvalue weighted by molar-refractivity contribution is -0.143. The minimum Gasteiger partial charge on any atom is -0.465 e. The van der Waals surface area contributed by atoms with Crippen molar-refractivity contribution in [2.24, 2.45) is 0 Å². The lowest BCUT2D eigenvalue weighted by Gasteiger charge is -2.15. The van der Waals surface area contributed by atoms with Crippen molar-refractivity contribution >= 4 is 13.6 Å². The van der Waals surface area contributed by atoms with Crippen LogP contribution in [0.3, 0.4) is 0 Å². The lowest BCUT2D eigenvalue weighted by Crippen LogP contribution is -2.23. The number of carbonyl (C=O) groups is 1. The molecule has 0 spiro atoms. The van der Waals surface area contributed by atoms with Gasteiger partial charge in [0.2, 0.25) is 0 Å². The molecule has 13 heavy (non-hydrogen) atoms. The third-order valence-corrected chi connectivity index (χ3v) is 2.81. The Morgan fingerprint density at radius 1 is 1.46 bits per heavy atom. The van der Waals surface area contributed by atoms with Gasteiger partial charge in [-0.05, 0) is 13.3 Å². The van der Waals surface area contributed by atoms with E-state index in [-0.39, 0.29) is 13.0 Å². The van der Waals surface area contributed by atoms with Gasteiger partial charge in [0, 0.05) is 0 Å². The minimum atomic E-state index is -4.35. The van der Waals surface area contributed by atoms with E-state index in [9.17, 15) is 9.36 Å². The summed E-state index contributed by atoms with van der Waals surface area (Å²) in [5.41, 5.74) is -1.29. The van der Waals surface area contributed by atoms with Crippen molar-refractivity contribution in [2.75, 3.05) is 6.61 Å². The Hall–Kier alpha value is -0.380. The maximum Gasteiger partial charge on any atom is 0.339 e.